The fourth-order valence-corrected chi connectivity index (χ4v) is 8.17. The number of nitrogens with one attached hydrogen (secondary N) is 2. The Hall–Kier alpha value is -4.91. The summed E-state index contributed by atoms with van der Waals surface area (Å²) < 4.78 is 29.0. The van der Waals surface area contributed by atoms with Crippen LogP contribution in [0.2, 0.25) is 0 Å². The van der Waals surface area contributed by atoms with E-state index in [-0.39, 0.29) is 28.3 Å². The number of sulfone groups is 1. The summed E-state index contributed by atoms with van der Waals surface area (Å²) in [5.74, 6) is -0.204. The Balaban J connectivity index is 1.32. The van der Waals surface area contributed by atoms with Gasteiger partial charge in [-0.25, -0.2) is 18.4 Å². The van der Waals surface area contributed by atoms with Gasteiger partial charge in [-0.1, -0.05) is 30.3 Å². The number of fused-ring (bicyclic) bond motifs is 2. The molecule has 272 valence electrons. The average molecular weight is 723 g/mol. The van der Waals surface area contributed by atoms with E-state index in [4.69, 9.17) is 0 Å². The molecule has 0 atom stereocenters. The Bertz CT molecular complexity index is 2310. The second kappa shape index (κ2) is 14.3. The highest BCUT2D eigenvalue weighted by atomic mass is 32.2. The van der Waals surface area contributed by atoms with Crippen molar-refractivity contribution >= 4 is 32.8 Å². The molecule has 0 radical (unpaired) electrons. The zero-order valence-electron chi connectivity index (χ0n) is 30.8. The first kappa shape index (κ1) is 36.9. The predicted molar refractivity (Wildman–Crippen MR) is 202 cm³/mol. The molecule has 11 nitrogen and oxygen atoms in total. The van der Waals surface area contributed by atoms with Gasteiger partial charge in [0.1, 0.15) is 5.52 Å². The molecule has 1 aliphatic rings. The summed E-state index contributed by atoms with van der Waals surface area (Å²) in [6.45, 7) is 11.3. The number of amides is 2. The Morgan fingerprint density at radius 2 is 1.75 bits per heavy atom. The zero-order chi connectivity index (χ0) is 37.5. The van der Waals surface area contributed by atoms with Gasteiger partial charge in [-0.2, -0.15) is 0 Å². The minimum atomic E-state index is -4.13. The highest BCUT2D eigenvalue weighted by molar-refractivity contribution is 7.91. The van der Waals surface area contributed by atoms with Gasteiger partial charge in [0.2, 0.25) is 15.7 Å². The monoisotopic (exact) mass is 722 g/mol. The van der Waals surface area contributed by atoms with Crippen LogP contribution in [0.15, 0.2) is 70.8 Å². The van der Waals surface area contributed by atoms with Crippen LogP contribution >= 0.6 is 0 Å². The van der Waals surface area contributed by atoms with Crippen LogP contribution < -0.4 is 5.32 Å². The van der Waals surface area contributed by atoms with Crippen molar-refractivity contribution in [3.8, 4) is 22.3 Å². The van der Waals surface area contributed by atoms with Crippen molar-refractivity contribution in [3.05, 3.63) is 94.3 Å². The number of carbonyl (C=O) groups excluding carboxylic acids is 2. The Kier molecular flexibility index (Phi) is 10.1. The van der Waals surface area contributed by atoms with E-state index in [0.717, 1.165) is 46.3 Å². The van der Waals surface area contributed by atoms with E-state index >= 15 is 0 Å². The summed E-state index contributed by atoms with van der Waals surface area (Å²) in [6.07, 6.45) is 4.19. The summed E-state index contributed by atoms with van der Waals surface area (Å²) in [5, 5.41) is 12.6. The van der Waals surface area contributed by atoms with Gasteiger partial charge in [-0.05, 0) is 98.2 Å². The fourth-order valence-electron chi connectivity index (χ4n) is 6.73. The lowest BCUT2D eigenvalue weighted by Gasteiger charge is -2.30. The van der Waals surface area contributed by atoms with Crippen LogP contribution in [0.5, 0.6) is 0 Å². The second-order valence-electron chi connectivity index (χ2n) is 14.6. The van der Waals surface area contributed by atoms with Crippen molar-refractivity contribution in [1.82, 2.24) is 30.1 Å². The zero-order valence-corrected chi connectivity index (χ0v) is 31.6. The van der Waals surface area contributed by atoms with Crippen LogP contribution in [-0.4, -0.2) is 89.4 Å². The van der Waals surface area contributed by atoms with Crippen molar-refractivity contribution in [2.75, 3.05) is 33.7 Å². The summed E-state index contributed by atoms with van der Waals surface area (Å²) in [6, 6.07) is 15.1. The average Bonchev–Trinajstić information content (AvgIpc) is 3.52. The minimum Gasteiger partial charge on any atom is -0.389 e. The van der Waals surface area contributed by atoms with Gasteiger partial charge in [0.15, 0.2) is 10.7 Å². The fraction of sp³-hybridized carbons (Fsp3) is 0.350. The van der Waals surface area contributed by atoms with Crippen LogP contribution in [-0.2, 0) is 27.6 Å². The van der Waals surface area contributed by atoms with E-state index in [2.05, 4.69) is 44.2 Å². The van der Waals surface area contributed by atoms with Gasteiger partial charge in [0.25, 0.3) is 5.91 Å². The minimum absolute atomic E-state index is 0.0971. The molecule has 0 aliphatic carbocycles. The maximum absolute atomic E-state index is 14.5. The molecule has 0 unspecified atom stereocenters. The molecule has 0 spiro atoms. The smallest absolute Gasteiger partial charge is 0.253 e. The normalized spacial score (nSPS) is 13.6. The molecule has 0 bridgehead atoms. The number of hydrogen-bond donors (Lipinski definition) is 3. The molecule has 0 fully saturated rings. The Morgan fingerprint density at radius 3 is 2.46 bits per heavy atom. The van der Waals surface area contributed by atoms with Gasteiger partial charge in [-0.3, -0.25) is 14.5 Å². The van der Waals surface area contributed by atoms with Crippen LogP contribution in [0.25, 0.3) is 33.4 Å². The van der Waals surface area contributed by atoms with Crippen LogP contribution in [0, 0.1) is 20.8 Å². The van der Waals surface area contributed by atoms with Crippen LogP contribution in [0.3, 0.4) is 0 Å². The molecule has 3 heterocycles. The number of H-pyrrole nitrogens is 1. The third-order valence-corrected chi connectivity index (χ3v) is 11.2. The van der Waals surface area contributed by atoms with Gasteiger partial charge in [-0.15, -0.1) is 0 Å². The van der Waals surface area contributed by atoms with Crippen molar-refractivity contribution in [2.24, 2.45) is 0 Å². The van der Waals surface area contributed by atoms with Crippen molar-refractivity contribution in [2.45, 2.75) is 69.5 Å². The van der Waals surface area contributed by atoms with E-state index in [1.165, 1.54) is 16.7 Å². The molecule has 1 aliphatic heterocycles. The first-order chi connectivity index (χ1) is 24.5. The van der Waals surface area contributed by atoms with E-state index in [1.54, 1.807) is 46.3 Å². The van der Waals surface area contributed by atoms with E-state index in [0.29, 0.717) is 47.4 Å². The van der Waals surface area contributed by atoms with Crippen LogP contribution in [0.4, 0.5) is 0 Å². The lowest BCUT2D eigenvalue weighted by atomic mass is 9.90. The highest BCUT2D eigenvalue weighted by Crippen LogP contribution is 2.36. The van der Waals surface area contributed by atoms with E-state index < -0.39 is 15.4 Å². The first-order valence-electron chi connectivity index (χ1n) is 17.4. The summed E-state index contributed by atoms with van der Waals surface area (Å²) in [7, 11) is -0.716. The summed E-state index contributed by atoms with van der Waals surface area (Å²) >= 11 is 0. The standard InChI is InChI=1S/C40H46N6O5S/c1-24-8-10-32(28-18-25(2)30-12-14-46(22-29(30)19-28)15-13-35(47)43-23-40(4,5)49)34(16-24)52(50,51)36-21-42-38-37(44-36)33(20-41-38)27-9-11-31(26(3)17-27)39(48)45(6)7/h8-11,16-21,49H,12-15,22-23H2,1-7H3,(H,41,42)(H,43,47). The first-order valence-corrected chi connectivity index (χ1v) is 18.9. The topological polar surface area (TPSA) is 149 Å². The van der Waals surface area contributed by atoms with Crippen molar-refractivity contribution < 1.29 is 23.1 Å². The maximum Gasteiger partial charge on any atom is 0.253 e. The molecule has 6 rings (SSSR count). The predicted octanol–water partition coefficient (Wildman–Crippen LogP) is 5.39. The number of aryl methyl sites for hydroxylation is 3. The molecular formula is C40H46N6O5S. The lowest BCUT2D eigenvalue weighted by Crippen LogP contribution is -2.40. The van der Waals surface area contributed by atoms with Crippen molar-refractivity contribution in [1.29, 1.82) is 0 Å². The highest BCUT2D eigenvalue weighted by Gasteiger charge is 2.27. The number of benzene rings is 3. The quantitative estimate of drug-likeness (QED) is 0.174. The summed E-state index contributed by atoms with van der Waals surface area (Å²) in [5.41, 5.74) is 8.35. The number of hydrogen-bond acceptors (Lipinski definition) is 8. The lowest BCUT2D eigenvalue weighted by molar-refractivity contribution is -0.122. The molecule has 0 saturated carbocycles. The summed E-state index contributed by atoms with van der Waals surface area (Å²) in [4.78, 5) is 41.2. The second-order valence-corrected chi connectivity index (χ2v) is 16.5. The van der Waals surface area contributed by atoms with Gasteiger partial charge < -0.3 is 20.3 Å². The van der Waals surface area contributed by atoms with Gasteiger partial charge >= 0.3 is 0 Å². The maximum atomic E-state index is 14.5. The van der Waals surface area contributed by atoms with Gasteiger partial charge in [0.05, 0.1) is 16.7 Å². The Labute approximate surface area is 305 Å². The third kappa shape index (κ3) is 7.64. The molecule has 2 amide bonds. The molecule has 0 saturated heterocycles. The third-order valence-electron chi connectivity index (χ3n) is 9.56. The number of rotatable bonds is 10. The number of aromatic amines is 1. The molecule has 52 heavy (non-hydrogen) atoms. The molecule has 3 aromatic carbocycles. The Morgan fingerprint density at radius 1 is 1.00 bits per heavy atom. The van der Waals surface area contributed by atoms with Gasteiger partial charge in [0, 0.05) is 69.6 Å². The van der Waals surface area contributed by atoms with E-state index in [1.807, 2.05) is 38.1 Å². The number of aromatic nitrogens is 3. The molecule has 5 aromatic rings. The number of nitrogens with zero attached hydrogens (tertiary/aromatic N) is 4. The largest absolute Gasteiger partial charge is 0.389 e. The molecular weight excluding hydrogens is 677 g/mol. The number of carbonyl (C=O) groups is 2. The molecule has 2 aromatic heterocycles. The molecule has 3 N–H and O–H groups in total. The number of aliphatic hydroxyl groups is 1. The van der Waals surface area contributed by atoms with Crippen LogP contribution in [0.1, 0.15) is 58.4 Å². The SMILES string of the molecule is Cc1ccc(-c2cc(C)c3c(c2)CN(CCC(=O)NCC(C)(C)O)CC3)c(S(=O)(=O)c2cnc3[nH]cc(-c4ccc(C(=O)N(C)C)c(C)c4)c3n2)c1. The van der Waals surface area contributed by atoms with Crippen molar-refractivity contribution in [3.63, 3.8) is 0 Å². The van der Waals surface area contributed by atoms with E-state index in [9.17, 15) is 23.1 Å². The molecule has 12 heteroatoms.